The Morgan fingerprint density at radius 3 is 2.86 bits per heavy atom. The molecule has 0 spiro atoms. The number of nitrogens with one attached hydrogen (secondary N) is 1. The summed E-state index contributed by atoms with van der Waals surface area (Å²) >= 11 is 1.42. The van der Waals surface area contributed by atoms with Crippen LogP contribution in [0.5, 0.6) is 11.5 Å². The second-order valence-electron chi connectivity index (χ2n) is 6.39. The Labute approximate surface area is 133 Å². The lowest BCUT2D eigenvalue weighted by Gasteiger charge is -2.16. The van der Waals surface area contributed by atoms with Crippen molar-refractivity contribution in [2.75, 3.05) is 12.1 Å². The molecule has 0 bridgehead atoms. The third-order valence-electron chi connectivity index (χ3n) is 3.11. The molecule has 1 aliphatic rings. The number of amides is 1. The van der Waals surface area contributed by atoms with Gasteiger partial charge in [-0.1, -0.05) is 20.8 Å². The van der Waals surface area contributed by atoms with Crippen LogP contribution in [0.4, 0.5) is 5.13 Å². The summed E-state index contributed by atoms with van der Waals surface area (Å²) in [5.74, 6) is 1.46. The maximum atomic E-state index is 11.9. The summed E-state index contributed by atoms with van der Waals surface area (Å²) in [4.78, 5) is 16.4. The molecule has 5 nitrogen and oxygen atoms in total. The first-order valence-corrected chi connectivity index (χ1v) is 7.94. The average Bonchev–Trinajstić information content (AvgIpc) is 3.03. The molecule has 22 heavy (non-hydrogen) atoms. The minimum absolute atomic E-state index is 0.0147. The first kappa shape index (κ1) is 14.8. The van der Waals surface area contributed by atoms with Crippen LogP contribution in [0.15, 0.2) is 23.6 Å². The van der Waals surface area contributed by atoms with Gasteiger partial charge in [-0.25, -0.2) is 4.98 Å². The average molecular weight is 318 g/mol. The zero-order valence-corrected chi connectivity index (χ0v) is 13.6. The van der Waals surface area contributed by atoms with Crippen LogP contribution in [0.25, 0.3) is 11.3 Å². The summed E-state index contributed by atoms with van der Waals surface area (Å²) in [5.41, 5.74) is 1.72. The van der Waals surface area contributed by atoms with E-state index >= 15 is 0 Å². The third-order valence-corrected chi connectivity index (χ3v) is 3.87. The first-order chi connectivity index (χ1) is 10.4. The van der Waals surface area contributed by atoms with E-state index in [-0.39, 0.29) is 18.1 Å². The largest absolute Gasteiger partial charge is 0.454 e. The minimum Gasteiger partial charge on any atom is -0.454 e. The molecule has 0 unspecified atom stereocenters. The number of carbonyl (C=O) groups is 1. The van der Waals surface area contributed by atoms with Gasteiger partial charge in [0.25, 0.3) is 0 Å². The van der Waals surface area contributed by atoms with E-state index in [9.17, 15) is 4.79 Å². The number of thiazole rings is 1. The van der Waals surface area contributed by atoms with Gasteiger partial charge in [0.15, 0.2) is 16.6 Å². The Morgan fingerprint density at radius 2 is 2.09 bits per heavy atom. The van der Waals surface area contributed by atoms with E-state index in [0.29, 0.717) is 11.6 Å². The van der Waals surface area contributed by atoms with Gasteiger partial charge >= 0.3 is 0 Å². The molecule has 0 radical (unpaired) electrons. The molecule has 1 N–H and O–H groups in total. The van der Waals surface area contributed by atoms with Gasteiger partial charge < -0.3 is 14.8 Å². The second kappa shape index (κ2) is 5.61. The molecule has 6 heteroatoms. The van der Waals surface area contributed by atoms with Crippen molar-refractivity contribution in [1.82, 2.24) is 4.98 Å². The Bertz CT molecular complexity index is 704. The fourth-order valence-electron chi connectivity index (χ4n) is 2.16. The van der Waals surface area contributed by atoms with E-state index in [1.165, 1.54) is 11.3 Å². The van der Waals surface area contributed by atoms with E-state index in [1.54, 1.807) is 0 Å². The van der Waals surface area contributed by atoms with Gasteiger partial charge in [-0.2, -0.15) is 0 Å². The highest BCUT2D eigenvalue weighted by Gasteiger charge is 2.18. The van der Waals surface area contributed by atoms with Gasteiger partial charge in [-0.05, 0) is 23.6 Å². The number of nitrogens with zero attached hydrogens (tertiary/aromatic N) is 1. The zero-order chi connectivity index (χ0) is 15.7. The normalized spacial score (nSPS) is 13.2. The number of rotatable bonds is 3. The topological polar surface area (TPSA) is 60.5 Å². The maximum absolute atomic E-state index is 11.9. The number of fused-ring (bicyclic) bond motifs is 1. The van der Waals surface area contributed by atoms with Gasteiger partial charge in [0.05, 0.1) is 5.69 Å². The summed E-state index contributed by atoms with van der Waals surface area (Å²) in [6, 6.07) is 5.70. The molecular formula is C16H18N2O3S. The van der Waals surface area contributed by atoms with E-state index in [0.717, 1.165) is 22.8 Å². The Morgan fingerprint density at radius 1 is 1.32 bits per heavy atom. The SMILES string of the molecule is CC(C)(C)CC(=O)Nc1nc(-c2ccc3c(c2)OCO3)cs1. The molecule has 3 rings (SSSR count). The summed E-state index contributed by atoms with van der Waals surface area (Å²) in [7, 11) is 0. The summed E-state index contributed by atoms with van der Waals surface area (Å²) in [6.07, 6.45) is 0.464. The van der Waals surface area contributed by atoms with Crippen LogP contribution in [0.2, 0.25) is 0 Å². The van der Waals surface area contributed by atoms with Gasteiger partial charge in [0.1, 0.15) is 0 Å². The van der Waals surface area contributed by atoms with Crippen LogP contribution in [0.1, 0.15) is 27.2 Å². The monoisotopic (exact) mass is 318 g/mol. The van der Waals surface area contributed by atoms with Crippen molar-refractivity contribution in [2.24, 2.45) is 5.41 Å². The lowest BCUT2D eigenvalue weighted by Crippen LogP contribution is -2.19. The summed E-state index contributed by atoms with van der Waals surface area (Å²) in [6.45, 7) is 6.36. The predicted molar refractivity (Wildman–Crippen MR) is 86.4 cm³/mol. The zero-order valence-electron chi connectivity index (χ0n) is 12.8. The van der Waals surface area contributed by atoms with Crippen molar-refractivity contribution in [3.05, 3.63) is 23.6 Å². The molecule has 2 heterocycles. The van der Waals surface area contributed by atoms with Crippen LogP contribution < -0.4 is 14.8 Å². The van der Waals surface area contributed by atoms with Crippen molar-refractivity contribution in [1.29, 1.82) is 0 Å². The Kier molecular flexibility index (Phi) is 3.78. The summed E-state index contributed by atoms with van der Waals surface area (Å²) < 4.78 is 10.7. The van der Waals surface area contributed by atoms with Crippen LogP contribution >= 0.6 is 11.3 Å². The summed E-state index contributed by atoms with van der Waals surface area (Å²) in [5, 5.41) is 5.39. The van der Waals surface area contributed by atoms with Gasteiger partial charge in [0.2, 0.25) is 12.7 Å². The van der Waals surface area contributed by atoms with Gasteiger partial charge in [-0.3, -0.25) is 4.79 Å². The highest BCUT2D eigenvalue weighted by atomic mass is 32.1. The maximum Gasteiger partial charge on any atom is 0.231 e. The predicted octanol–water partition coefficient (Wildman–Crippen LogP) is 3.91. The Balaban J connectivity index is 1.72. The number of ether oxygens (including phenoxy) is 2. The lowest BCUT2D eigenvalue weighted by atomic mass is 9.92. The molecule has 0 saturated carbocycles. The molecule has 0 saturated heterocycles. The highest BCUT2D eigenvalue weighted by Crippen LogP contribution is 2.36. The Hall–Kier alpha value is -2.08. The fraction of sp³-hybridized carbons (Fsp3) is 0.375. The molecule has 1 aromatic carbocycles. The van der Waals surface area contributed by atoms with E-state index < -0.39 is 0 Å². The van der Waals surface area contributed by atoms with Crippen LogP contribution in [-0.2, 0) is 4.79 Å². The first-order valence-electron chi connectivity index (χ1n) is 7.06. The minimum atomic E-state index is -0.0402. The number of aromatic nitrogens is 1. The number of carbonyl (C=O) groups excluding carboxylic acids is 1. The number of hydrogen-bond donors (Lipinski definition) is 1. The fourth-order valence-corrected chi connectivity index (χ4v) is 2.90. The van der Waals surface area contributed by atoms with Gasteiger partial charge in [0, 0.05) is 17.4 Å². The number of anilines is 1. The van der Waals surface area contributed by atoms with E-state index in [4.69, 9.17) is 9.47 Å². The standard InChI is InChI=1S/C16H18N2O3S/c1-16(2,3)7-14(19)18-15-17-11(8-22-15)10-4-5-12-13(6-10)21-9-20-12/h4-6,8H,7,9H2,1-3H3,(H,17,18,19). The molecule has 0 fully saturated rings. The molecule has 0 atom stereocenters. The van der Waals surface area contributed by atoms with Crippen LogP contribution in [0.3, 0.4) is 0 Å². The molecular weight excluding hydrogens is 300 g/mol. The lowest BCUT2D eigenvalue weighted by molar-refractivity contribution is -0.117. The number of hydrogen-bond acceptors (Lipinski definition) is 5. The molecule has 1 amide bonds. The van der Waals surface area contributed by atoms with Gasteiger partial charge in [-0.15, -0.1) is 11.3 Å². The quantitative estimate of drug-likeness (QED) is 0.932. The van der Waals surface area contributed by atoms with E-state index in [1.807, 2.05) is 44.4 Å². The van der Waals surface area contributed by atoms with Crippen LogP contribution in [-0.4, -0.2) is 17.7 Å². The smallest absolute Gasteiger partial charge is 0.231 e. The highest BCUT2D eigenvalue weighted by molar-refractivity contribution is 7.14. The van der Waals surface area contributed by atoms with E-state index in [2.05, 4.69) is 10.3 Å². The van der Waals surface area contributed by atoms with Crippen molar-refractivity contribution >= 4 is 22.4 Å². The molecule has 2 aromatic rings. The second-order valence-corrected chi connectivity index (χ2v) is 7.25. The number of benzene rings is 1. The molecule has 0 aliphatic carbocycles. The molecule has 116 valence electrons. The van der Waals surface area contributed by atoms with Crippen molar-refractivity contribution in [3.63, 3.8) is 0 Å². The third kappa shape index (κ3) is 3.39. The van der Waals surface area contributed by atoms with Crippen molar-refractivity contribution < 1.29 is 14.3 Å². The van der Waals surface area contributed by atoms with Crippen molar-refractivity contribution in [3.8, 4) is 22.8 Å². The van der Waals surface area contributed by atoms with Crippen molar-refractivity contribution in [2.45, 2.75) is 27.2 Å². The molecule has 1 aliphatic heterocycles. The molecule has 1 aromatic heterocycles. The van der Waals surface area contributed by atoms with Crippen LogP contribution in [0, 0.1) is 5.41 Å².